The van der Waals surface area contributed by atoms with Crippen LogP contribution in [0.2, 0.25) is 0 Å². The Labute approximate surface area is 195 Å². The largest absolute Gasteiger partial charge is 0.481 e. The fraction of sp³-hybridized carbons (Fsp3) is 0.476. The molecule has 2 rings (SSSR count). The van der Waals surface area contributed by atoms with Gasteiger partial charge in [-0.15, -0.1) is 0 Å². The molecule has 0 aromatic heterocycles. The van der Waals surface area contributed by atoms with Crippen LogP contribution in [0.4, 0.5) is 11.4 Å². The topological polar surface area (TPSA) is 188 Å². The fourth-order valence-electron chi connectivity index (χ4n) is 3.43. The zero-order valence-electron chi connectivity index (χ0n) is 18.8. The average molecular weight is 477 g/mol. The van der Waals surface area contributed by atoms with Gasteiger partial charge in [0.1, 0.15) is 18.1 Å². The number of aliphatic carboxylic acids is 1. The van der Waals surface area contributed by atoms with Gasteiger partial charge in [-0.2, -0.15) is 0 Å². The first-order chi connectivity index (χ1) is 16.0. The van der Waals surface area contributed by atoms with Gasteiger partial charge in [-0.3, -0.25) is 39.4 Å². The summed E-state index contributed by atoms with van der Waals surface area (Å²) >= 11 is 0. The van der Waals surface area contributed by atoms with E-state index in [0.717, 1.165) is 0 Å². The number of nitrogens with one attached hydrogen (secondary N) is 3. The van der Waals surface area contributed by atoms with Gasteiger partial charge in [-0.1, -0.05) is 0 Å². The molecular weight excluding hydrogens is 450 g/mol. The Morgan fingerprint density at radius 3 is 2.26 bits per heavy atom. The Balaban J connectivity index is 1.89. The van der Waals surface area contributed by atoms with E-state index in [-0.39, 0.29) is 18.5 Å². The van der Waals surface area contributed by atoms with Crippen molar-refractivity contribution in [3.8, 4) is 0 Å². The van der Waals surface area contributed by atoms with E-state index in [4.69, 9.17) is 5.11 Å². The maximum atomic E-state index is 12.7. The van der Waals surface area contributed by atoms with Crippen molar-refractivity contribution in [3.63, 3.8) is 0 Å². The highest BCUT2D eigenvalue weighted by Gasteiger charge is 2.33. The van der Waals surface area contributed by atoms with E-state index in [1.54, 1.807) is 17.0 Å². The van der Waals surface area contributed by atoms with Gasteiger partial charge in [0.2, 0.25) is 23.6 Å². The van der Waals surface area contributed by atoms with Crippen molar-refractivity contribution in [2.75, 3.05) is 11.4 Å². The molecule has 4 N–H and O–H groups in total. The van der Waals surface area contributed by atoms with Crippen LogP contribution in [0.3, 0.4) is 0 Å². The van der Waals surface area contributed by atoms with Gasteiger partial charge >= 0.3 is 5.97 Å². The molecule has 0 aliphatic carbocycles. The highest BCUT2D eigenvalue weighted by molar-refractivity contribution is 6.02. The number of carbonyl (C=O) groups is 5. The van der Waals surface area contributed by atoms with Crippen LogP contribution < -0.4 is 20.9 Å². The summed E-state index contributed by atoms with van der Waals surface area (Å²) in [7, 11) is 0. The lowest BCUT2D eigenvalue weighted by Crippen LogP contribution is -2.54. The summed E-state index contributed by atoms with van der Waals surface area (Å²) in [5.74, 6) is -3.73. The summed E-state index contributed by atoms with van der Waals surface area (Å²) in [6.07, 6.45) is 0.508. The molecule has 1 aromatic rings. The molecule has 1 aliphatic rings. The fourth-order valence-corrected chi connectivity index (χ4v) is 3.43. The molecule has 184 valence electrons. The third-order valence-corrected chi connectivity index (χ3v) is 5.28. The third-order valence-electron chi connectivity index (χ3n) is 5.28. The molecule has 13 nitrogen and oxygen atoms in total. The van der Waals surface area contributed by atoms with Crippen LogP contribution in [0.25, 0.3) is 0 Å². The second kappa shape index (κ2) is 11.7. The SMILES string of the molecule is C[C@H](NC(=O)CCC(=O)O)C(=O)N[C@@H](C)C(=O)NC(=O)[C@@H]1CCCN1c1ccc([N+](=O)[O-])cc1. The number of non-ortho nitro benzene ring substituents is 1. The average Bonchev–Trinajstić information content (AvgIpc) is 3.27. The van der Waals surface area contributed by atoms with Crippen molar-refractivity contribution in [3.05, 3.63) is 34.4 Å². The molecule has 4 amide bonds. The van der Waals surface area contributed by atoms with Crippen molar-refractivity contribution >= 4 is 41.0 Å². The number of carboxylic acids is 1. The molecule has 1 aromatic carbocycles. The minimum absolute atomic E-state index is 0.0732. The third kappa shape index (κ3) is 7.25. The second-order valence-corrected chi connectivity index (χ2v) is 7.89. The van der Waals surface area contributed by atoms with Crippen molar-refractivity contribution in [1.82, 2.24) is 16.0 Å². The van der Waals surface area contributed by atoms with Crippen LogP contribution >= 0.6 is 0 Å². The van der Waals surface area contributed by atoms with Crippen LogP contribution in [0.15, 0.2) is 24.3 Å². The number of rotatable bonds is 10. The molecule has 0 radical (unpaired) electrons. The number of hydrogen-bond acceptors (Lipinski definition) is 8. The lowest BCUT2D eigenvalue weighted by Gasteiger charge is -2.26. The first-order valence-electron chi connectivity index (χ1n) is 10.7. The van der Waals surface area contributed by atoms with Crippen LogP contribution in [0.1, 0.15) is 39.5 Å². The normalized spacial score (nSPS) is 16.8. The molecule has 1 heterocycles. The number of anilines is 1. The van der Waals surface area contributed by atoms with E-state index in [0.29, 0.717) is 25.1 Å². The monoisotopic (exact) mass is 477 g/mol. The van der Waals surface area contributed by atoms with E-state index in [1.165, 1.54) is 26.0 Å². The van der Waals surface area contributed by atoms with Crippen molar-refractivity contribution < 1.29 is 34.0 Å². The zero-order valence-corrected chi connectivity index (χ0v) is 18.8. The molecule has 1 saturated heterocycles. The standard InChI is InChI=1S/C21H27N5O8/c1-12(22-17(27)9-10-18(28)29)19(30)23-13(2)20(31)24-21(32)16-4-3-11-25(16)14-5-7-15(8-6-14)26(33)34/h5-8,12-13,16H,3-4,9-11H2,1-2H3,(H,22,27)(H,23,30)(H,28,29)(H,24,31,32)/t12-,13-,16-/m0/s1. The van der Waals surface area contributed by atoms with Gasteiger partial charge in [0.05, 0.1) is 11.3 Å². The van der Waals surface area contributed by atoms with E-state index < -0.39 is 52.6 Å². The molecule has 3 atom stereocenters. The Bertz CT molecular complexity index is 964. The van der Waals surface area contributed by atoms with Crippen molar-refractivity contribution in [1.29, 1.82) is 0 Å². The molecule has 1 fully saturated rings. The summed E-state index contributed by atoms with van der Waals surface area (Å²) in [4.78, 5) is 71.6. The number of imide groups is 1. The minimum atomic E-state index is -1.14. The molecule has 0 saturated carbocycles. The molecule has 0 spiro atoms. The number of amides is 4. The Morgan fingerprint density at radius 1 is 1.06 bits per heavy atom. The van der Waals surface area contributed by atoms with Crippen LogP contribution in [0, 0.1) is 10.1 Å². The summed E-state index contributed by atoms with van der Waals surface area (Å²) in [6, 6.07) is 3.02. The van der Waals surface area contributed by atoms with Crippen molar-refractivity contribution in [2.45, 2.75) is 57.7 Å². The maximum absolute atomic E-state index is 12.7. The number of carboxylic acid groups (broad SMARTS) is 1. The molecule has 34 heavy (non-hydrogen) atoms. The lowest BCUT2D eigenvalue weighted by atomic mass is 10.1. The van der Waals surface area contributed by atoms with Crippen molar-refractivity contribution in [2.24, 2.45) is 0 Å². The second-order valence-electron chi connectivity index (χ2n) is 7.89. The quantitative estimate of drug-likeness (QED) is 0.267. The molecule has 0 unspecified atom stereocenters. The molecule has 13 heteroatoms. The first kappa shape index (κ1) is 26.2. The van der Waals surface area contributed by atoms with E-state index in [1.807, 2.05) is 0 Å². The van der Waals surface area contributed by atoms with Crippen LogP contribution in [0.5, 0.6) is 0 Å². The number of carbonyl (C=O) groups excluding carboxylic acids is 4. The van der Waals surface area contributed by atoms with E-state index in [9.17, 15) is 34.1 Å². The summed E-state index contributed by atoms with van der Waals surface area (Å²) < 4.78 is 0. The van der Waals surface area contributed by atoms with E-state index in [2.05, 4.69) is 16.0 Å². The first-order valence-corrected chi connectivity index (χ1v) is 10.7. The van der Waals surface area contributed by atoms with Crippen LogP contribution in [-0.4, -0.2) is 64.3 Å². The van der Waals surface area contributed by atoms with Gasteiger partial charge in [-0.25, -0.2) is 0 Å². The minimum Gasteiger partial charge on any atom is -0.481 e. The Hall–Kier alpha value is -4.03. The zero-order chi connectivity index (χ0) is 25.4. The smallest absolute Gasteiger partial charge is 0.303 e. The van der Waals surface area contributed by atoms with Gasteiger partial charge in [-0.05, 0) is 38.8 Å². The summed E-state index contributed by atoms with van der Waals surface area (Å²) in [5, 5.41) is 26.4. The van der Waals surface area contributed by atoms with E-state index >= 15 is 0 Å². The molecule has 0 bridgehead atoms. The number of nitrogens with zero attached hydrogens (tertiary/aromatic N) is 2. The molecular formula is C21H27N5O8. The number of benzene rings is 1. The predicted molar refractivity (Wildman–Crippen MR) is 119 cm³/mol. The summed E-state index contributed by atoms with van der Waals surface area (Å²) in [5.41, 5.74) is 0.542. The maximum Gasteiger partial charge on any atom is 0.303 e. The van der Waals surface area contributed by atoms with Gasteiger partial charge in [0, 0.05) is 30.8 Å². The predicted octanol–water partition coefficient (Wildman–Crippen LogP) is 0.0806. The number of nitro benzene ring substituents is 1. The Kier molecular flexibility index (Phi) is 9.04. The lowest BCUT2D eigenvalue weighted by molar-refractivity contribution is -0.384. The highest BCUT2D eigenvalue weighted by atomic mass is 16.6. The van der Waals surface area contributed by atoms with Gasteiger partial charge in [0.25, 0.3) is 5.69 Å². The molecule has 1 aliphatic heterocycles. The van der Waals surface area contributed by atoms with Crippen LogP contribution in [-0.2, 0) is 24.0 Å². The Morgan fingerprint density at radius 2 is 1.68 bits per heavy atom. The highest BCUT2D eigenvalue weighted by Crippen LogP contribution is 2.27. The number of hydrogen-bond donors (Lipinski definition) is 4. The van der Waals surface area contributed by atoms with Gasteiger partial charge < -0.3 is 20.6 Å². The van der Waals surface area contributed by atoms with Gasteiger partial charge in [0.15, 0.2) is 0 Å². The number of nitro groups is 1. The summed E-state index contributed by atoms with van der Waals surface area (Å²) in [6.45, 7) is 3.29.